The quantitative estimate of drug-likeness (QED) is 0.723. The van der Waals surface area contributed by atoms with Crippen molar-refractivity contribution in [2.45, 2.75) is 48.7 Å². The molecule has 2 fully saturated rings. The van der Waals surface area contributed by atoms with Crippen molar-refractivity contribution in [3.8, 4) is 0 Å². The van der Waals surface area contributed by atoms with Gasteiger partial charge in [-0.1, -0.05) is 5.16 Å². The molecule has 9 nitrogen and oxygen atoms in total. The van der Waals surface area contributed by atoms with E-state index in [1.54, 1.807) is 0 Å². The Labute approximate surface area is 156 Å². The van der Waals surface area contributed by atoms with E-state index in [1.807, 2.05) is 0 Å². The molecule has 0 spiro atoms. The van der Waals surface area contributed by atoms with E-state index in [2.05, 4.69) is 14.9 Å². The Morgan fingerprint density at radius 1 is 1.19 bits per heavy atom. The Hall–Kier alpha value is -2.30. The fourth-order valence-electron chi connectivity index (χ4n) is 3.01. The number of amides is 1. The minimum Gasteiger partial charge on any atom is -0.366 e. The van der Waals surface area contributed by atoms with Crippen molar-refractivity contribution < 1.29 is 22.5 Å². The fourth-order valence-corrected chi connectivity index (χ4v) is 4.07. The van der Waals surface area contributed by atoms with Crippen LogP contribution in [0.2, 0.25) is 0 Å². The lowest BCUT2D eigenvalue weighted by Gasteiger charge is -2.13. The summed E-state index contributed by atoms with van der Waals surface area (Å²) in [6.07, 6.45) is 3.01. The van der Waals surface area contributed by atoms with Gasteiger partial charge in [0.2, 0.25) is 15.9 Å². The number of sulfonamides is 1. The van der Waals surface area contributed by atoms with E-state index >= 15 is 0 Å². The van der Waals surface area contributed by atoms with Crippen LogP contribution in [-0.2, 0) is 14.8 Å². The second-order valence-electron chi connectivity index (χ2n) is 6.83. The van der Waals surface area contributed by atoms with Crippen molar-refractivity contribution in [2.75, 3.05) is 6.54 Å². The van der Waals surface area contributed by atoms with Crippen molar-refractivity contribution in [3.05, 3.63) is 41.5 Å². The van der Waals surface area contributed by atoms with Crippen LogP contribution in [-0.4, -0.2) is 37.1 Å². The van der Waals surface area contributed by atoms with Gasteiger partial charge in [-0.05, 0) is 49.9 Å². The van der Waals surface area contributed by atoms with E-state index in [0.29, 0.717) is 24.7 Å². The highest BCUT2D eigenvalue weighted by Gasteiger charge is 2.34. The van der Waals surface area contributed by atoms with E-state index in [4.69, 9.17) is 15.0 Å². The van der Waals surface area contributed by atoms with Crippen LogP contribution in [0.15, 0.2) is 33.7 Å². The third-order valence-corrected chi connectivity index (χ3v) is 6.17. The molecule has 3 N–H and O–H groups in total. The van der Waals surface area contributed by atoms with Crippen LogP contribution in [0.3, 0.4) is 0 Å². The summed E-state index contributed by atoms with van der Waals surface area (Å²) in [7, 11) is -3.70. The third kappa shape index (κ3) is 4.02. The Morgan fingerprint density at radius 3 is 2.59 bits per heavy atom. The number of nitrogens with one attached hydrogen (secondary N) is 1. The zero-order valence-electron chi connectivity index (χ0n) is 14.5. The second-order valence-corrected chi connectivity index (χ2v) is 8.60. The lowest BCUT2D eigenvalue weighted by atomic mass is 10.2. The van der Waals surface area contributed by atoms with Crippen LogP contribution in [0.25, 0.3) is 0 Å². The highest BCUT2D eigenvalue weighted by atomic mass is 32.2. The summed E-state index contributed by atoms with van der Waals surface area (Å²) in [5.41, 5.74) is 5.41. The van der Waals surface area contributed by atoms with Crippen LogP contribution in [0.4, 0.5) is 0 Å². The highest BCUT2D eigenvalue weighted by molar-refractivity contribution is 7.89. The number of ether oxygens (including phenoxy) is 1. The number of primary amides is 1. The summed E-state index contributed by atoms with van der Waals surface area (Å²) in [6.45, 7) is 0.139. The molecule has 2 aromatic rings. The van der Waals surface area contributed by atoms with E-state index in [1.165, 1.54) is 24.3 Å². The average molecular weight is 392 g/mol. The molecule has 10 heteroatoms. The molecule has 4 rings (SSSR count). The number of hydrogen-bond acceptors (Lipinski definition) is 7. The smallest absolute Gasteiger partial charge is 0.255 e. The van der Waals surface area contributed by atoms with E-state index in [9.17, 15) is 13.2 Å². The molecular formula is C17H20N4O5S. The maximum Gasteiger partial charge on any atom is 0.255 e. The van der Waals surface area contributed by atoms with Gasteiger partial charge in [0.05, 0.1) is 11.0 Å². The Kier molecular flexibility index (Phi) is 4.70. The zero-order chi connectivity index (χ0) is 19.0. The van der Waals surface area contributed by atoms with E-state index < -0.39 is 15.9 Å². The molecule has 1 saturated heterocycles. The molecule has 1 aliphatic carbocycles. The number of nitrogens with two attached hydrogens (primary N) is 1. The number of hydrogen-bond donors (Lipinski definition) is 2. The number of aromatic nitrogens is 2. The number of nitrogens with zero attached hydrogens (tertiary/aromatic N) is 2. The number of benzene rings is 1. The number of carbonyl (C=O) groups excluding carboxylic acids is 1. The van der Waals surface area contributed by atoms with Gasteiger partial charge < -0.3 is 15.0 Å². The summed E-state index contributed by atoms with van der Waals surface area (Å²) < 4.78 is 38.4. The van der Waals surface area contributed by atoms with Gasteiger partial charge in [-0.3, -0.25) is 4.79 Å². The zero-order valence-corrected chi connectivity index (χ0v) is 15.3. The molecule has 0 unspecified atom stereocenters. The first-order chi connectivity index (χ1) is 12.9. The Morgan fingerprint density at radius 2 is 1.93 bits per heavy atom. The minimum atomic E-state index is -3.70. The van der Waals surface area contributed by atoms with Gasteiger partial charge in [0.1, 0.15) is 6.10 Å². The maximum absolute atomic E-state index is 12.4. The second kappa shape index (κ2) is 7.02. The molecule has 27 heavy (non-hydrogen) atoms. The number of carbonyl (C=O) groups is 1. The topological polar surface area (TPSA) is 137 Å². The minimum absolute atomic E-state index is 0.0630. The molecule has 2 aliphatic rings. The predicted octanol–water partition coefficient (Wildman–Crippen LogP) is 1.24. The van der Waals surface area contributed by atoms with Crippen LogP contribution in [0.1, 0.15) is 59.8 Å². The molecule has 0 bridgehead atoms. The summed E-state index contributed by atoms with van der Waals surface area (Å²) in [4.78, 5) is 15.5. The molecule has 1 saturated carbocycles. The molecular weight excluding hydrogens is 372 g/mol. The van der Waals surface area contributed by atoms with Crippen LogP contribution in [0.5, 0.6) is 0 Å². The van der Waals surface area contributed by atoms with Crippen LogP contribution in [0, 0.1) is 0 Å². The van der Waals surface area contributed by atoms with Gasteiger partial charge in [-0.25, -0.2) is 13.1 Å². The van der Waals surface area contributed by atoms with Gasteiger partial charge in [0.25, 0.3) is 5.89 Å². The summed E-state index contributed by atoms with van der Waals surface area (Å²) >= 11 is 0. The lowest BCUT2D eigenvalue weighted by Crippen LogP contribution is -2.32. The van der Waals surface area contributed by atoms with Crippen LogP contribution < -0.4 is 10.5 Å². The average Bonchev–Trinajstić information content (AvgIpc) is 3.19. The van der Waals surface area contributed by atoms with Crippen molar-refractivity contribution >= 4 is 15.9 Å². The van der Waals surface area contributed by atoms with Crippen molar-refractivity contribution in [2.24, 2.45) is 5.73 Å². The first-order valence-electron chi connectivity index (χ1n) is 8.81. The molecule has 1 aromatic heterocycles. The van der Waals surface area contributed by atoms with Crippen molar-refractivity contribution in [3.63, 3.8) is 0 Å². The molecule has 1 aromatic carbocycles. The first-order valence-corrected chi connectivity index (χ1v) is 10.3. The van der Waals surface area contributed by atoms with Gasteiger partial charge in [0.15, 0.2) is 5.82 Å². The molecule has 144 valence electrons. The highest BCUT2D eigenvalue weighted by Crippen LogP contribution is 2.39. The predicted molar refractivity (Wildman–Crippen MR) is 93.3 cm³/mol. The van der Waals surface area contributed by atoms with Crippen molar-refractivity contribution in [1.82, 2.24) is 14.9 Å². The fraction of sp³-hybridized carbons (Fsp3) is 0.471. The SMILES string of the molecule is NC(=O)c1ccc(S(=O)(=O)NC[C@H]2CC[C@@H](c3nc(C4CC4)no3)O2)cc1. The normalized spacial score (nSPS) is 22.8. The van der Waals surface area contributed by atoms with Gasteiger partial charge >= 0.3 is 0 Å². The summed E-state index contributed by atoms with van der Waals surface area (Å²) in [5, 5.41) is 3.98. The van der Waals surface area contributed by atoms with E-state index in [-0.39, 0.29) is 29.2 Å². The van der Waals surface area contributed by atoms with Crippen LogP contribution >= 0.6 is 0 Å². The molecule has 1 amide bonds. The largest absolute Gasteiger partial charge is 0.366 e. The Bertz CT molecular complexity index is 936. The molecule has 2 heterocycles. The molecule has 1 aliphatic heterocycles. The number of rotatable bonds is 7. The summed E-state index contributed by atoms with van der Waals surface area (Å²) in [6, 6.07) is 5.45. The van der Waals surface area contributed by atoms with E-state index in [0.717, 1.165) is 18.7 Å². The first kappa shape index (κ1) is 18.1. The summed E-state index contributed by atoms with van der Waals surface area (Å²) in [5.74, 6) is 0.997. The standard InChI is InChI=1S/C17H20N4O5S/c18-15(22)10-3-6-13(7-4-10)27(23,24)19-9-12-5-8-14(25-12)17-20-16(21-26-17)11-1-2-11/h3-4,6-7,11-12,14,19H,1-2,5,8-9H2,(H2,18,22)/t12-,14+/m1/s1. The molecule has 2 atom stereocenters. The third-order valence-electron chi connectivity index (χ3n) is 4.73. The van der Waals surface area contributed by atoms with Gasteiger partial charge in [0, 0.05) is 18.0 Å². The molecule has 0 radical (unpaired) electrons. The lowest BCUT2D eigenvalue weighted by molar-refractivity contribution is 0.0290. The monoisotopic (exact) mass is 392 g/mol. The maximum atomic E-state index is 12.4. The van der Waals surface area contributed by atoms with Gasteiger partial charge in [-0.15, -0.1) is 0 Å². The van der Waals surface area contributed by atoms with Gasteiger partial charge in [-0.2, -0.15) is 4.98 Å². The Balaban J connectivity index is 1.33. The van der Waals surface area contributed by atoms with Crippen molar-refractivity contribution in [1.29, 1.82) is 0 Å².